The summed E-state index contributed by atoms with van der Waals surface area (Å²) in [5.41, 5.74) is 8.20. The van der Waals surface area contributed by atoms with Crippen LogP contribution < -0.4 is 5.73 Å². The average molecular weight is 251 g/mol. The Balaban J connectivity index is 2.85. The Kier molecular flexibility index (Phi) is 5.22. The first-order valence-electron chi connectivity index (χ1n) is 6.32. The molecule has 0 amide bonds. The third-order valence-corrected chi connectivity index (χ3v) is 3.17. The molecule has 2 N–H and O–H groups in total. The van der Waals surface area contributed by atoms with Crippen LogP contribution in [-0.2, 0) is 6.42 Å². The summed E-state index contributed by atoms with van der Waals surface area (Å²) in [4.78, 5) is 14.9. The third-order valence-electron chi connectivity index (χ3n) is 3.17. The Hall–Kier alpha value is -1.49. The van der Waals surface area contributed by atoms with Gasteiger partial charge in [0.2, 0.25) is 0 Å². The molecule has 0 fully saturated rings. The lowest BCUT2D eigenvalue weighted by Crippen LogP contribution is -2.20. The molecule has 0 aliphatic heterocycles. The number of nitro groups is 1. The second kappa shape index (κ2) is 6.44. The molecular formula is C13H21N3O2. The van der Waals surface area contributed by atoms with Crippen molar-refractivity contribution in [2.45, 2.75) is 52.5 Å². The average Bonchev–Trinajstić information content (AvgIpc) is 2.28. The molecule has 0 aromatic carbocycles. The Morgan fingerprint density at radius 1 is 1.44 bits per heavy atom. The largest absolute Gasteiger partial charge is 0.328 e. The maximum atomic E-state index is 11.0. The molecule has 1 aromatic heterocycles. The number of hydrogen-bond donors (Lipinski definition) is 1. The van der Waals surface area contributed by atoms with E-state index in [1.54, 1.807) is 20.0 Å². The first-order chi connectivity index (χ1) is 8.47. The standard InChI is InChI=1S/C13H21N3O2/c1-4-5-11(14)6-7-12-10(3)13(16(17)18)9(2)8-15-12/h8,11H,4-7,14H2,1-3H3. The van der Waals surface area contributed by atoms with Gasteiger partial charge >= 0.3 is 0 Å². The normalized spacial score (nSPS) is 12.4. The second-order valence-electron chi connectivity index (χ2n) is 4.71. The van der Waals surface area contributed by atoms with Gasteiger partial charge in [-0.1, -0.05) is 13.3 Å². The van der Waals surface area contributed by atoms with Crippen molar-refractivity contribution in [1.82, 2.24) is 4.98 Å². The summed E-state index contributed by atoms with van der Waals surface area (Å²) in [6.45, 7) is 5.57. The summed E-state index contributed by atoms with van der Waals surface area (Å²) in [5.74, 6) is 0. The molecule has 1 rings (SSSR count). The van der Waals surface area contributed by atoms with Crippen molar-refractivity contribution in [1.29, 1.82) is 0 Å². The zero-order valence-electron chi connectivity index (χ0n) is 11.3. The number of nitrogens with zero attached hydrogens (tertiary/aromatic N) is 2. The lowest BCUT2D eigenvalue weighted by molar-refractivity contribution is -0.386. The van der Waals surface area contributed by atoms with E-state index in [1.807, 2.05) is 0 Å². The maximum absolute atomic E-state index is 11.0. The molecule has 0 bridgehead atoms. The zero-order valence-corrected chi connectivity index (χ0v) is 11.3. The van der Waals surface area contributed by atoms with Gasteiger partial charge in [-0.2, -0.15) is 0 Å². The summed E-state index contributed by atoms with van der Waals surface area (Å²) in [6, 6.07) is 0.150. The molecule has 1 aromatic rings. The molecule has 0 aliphatic rings. The summed E-state index contributed by atoms with van der Waals surface area (Å²) in [7, 11) is 0. The van der Waals surface area contributed by atoms with Crippen LogP contribution in [0.2, 0.25) is 0 Å². The minimum Gasteiger partial charge on any atom is -0.328 e. The van der Waals surface area contributed by atoms with E-state index < -0.39 is 0 Å². The van der Waals surface area contributed by atoms with Gasteiger partial charge in [-0.15, -0.1) is 0 Å². The Bertz CT molecular complexity index is 432. The fraction of sp³-hybridized carbons (Fsp3) is 0.615. The number of pyridine rings is 1. The van der Waals surface area contributed by atoms with Gasteiger partial charge < -0.3 is 5.73 Å². The number of rotatable bonds is 6. The molecule has 5 nitrogen and oxygen atoms in total. The fourth-order valence-electron chi connectivity index (χ4n) is 2.14. The summed E-state index contributed by atoms with van der Waals surface area (Å²) in [6.07, 6.45) is 5.14. The van der Waals surface area contributed by atoms with Crippen molar-refractivity contribution in [3.63, 3.8) is 0 Å². The molecule has 18 heavy (non-hydrogen) atoms. The lowest BCUT2D eigenvalue weighted by Gasteiger charge is -2.11. The van der Waals surface area contributed by atoms with Crippen LogP contribution in [0.5, 0.6) is 0 Å². The molecule has 0 radical (unpaired) electrons. The topological polar surface area (TPSA) is 82.0 Å². The van der Waals surface area contributed by atoms with Crippen LogP contribution >= 0.6 is 0 Å². The van der Waals surface area contributed by atoms with Crippen molar-refractivity contribution in [2.24, 2.45) is 5.73 Å². The first-order valence-corrected chi connectivity index (χ1v) is 6.32. The van der Waals surface area contributed by atoms with E-state index in [2.05, 4.69) is 11.9 Å². The van der Waals surface area contributed by atoms with Gasteiger partial charge in [0.15, 0.2) is 0 Å². The van der Waals surface area contributed by atoms with Crippen LogP contribution in [0.25, 0.3) is 0 Å². The van der Waals surface area contributed by atoms with Crippen LogP contribution in [0.4, 0.5) is 5.69 Å². The predicted octanol–water partition coefficient (Wildman–Crippen LogP) is 2.67. The molecule has 0 saturated heterocycles. The van der Waals surface area contributed by atoms with E-state index in [0.717, 1.165) is 25.0 Å². The maximum Gasteiger partial charge on any atom is 0.278 e. The molecule has 100 valence electrons. The first kappa shape index (κ1) is 14.6. The SMILES string of the molecule is CCCC(N)CCc1ncc(C)c([N+](=O)[O-])c1C. The van der Waals surface area contributed by atoms with Gasteiger partial charge in [0.1, 0.15) is 0 Å². The minimum absolute atomic E-state index is 0.150. The summed E-state index contributed by atoms with van der Waals surface area (Å²) in [5, 5.41) is 11.0. The van der Waals surface area contributed by atoms with E-state index in [1.165, 1.54) is 0 Å². The Labute approximate surface area is 108 Å². The van der Waals surface area contributed by atoms with Gasteiger partial charge in [0.05, 0.1) is 10.6 Å². The fourth-order valence-corrected chi connectivity index (χ4v) is 2.14. The molecule has 1 heterocycles. The number of aryl methyl sites for hydroxylation is 2. The predicted molar refractivity (Wildman–Crippen MR) is 71.6 cm³/mol. The van der Waals surface area contributed by atoms with Crippen LogP contribution in [0.1, 0.15) is 43.0 Å². The quantitative estimate of drug-likeness (QED) is 0.622. The van der Waals surface area contributed by atoms with Crippen LogP contribution in [0.15, 0.2) is 6.20 Å². The molecule has 0 spiro atoms. The molecular weight excluding hydrogens is 230 g/mol. The van der Waals surface area contributed by atoms with E-state index in [-0.39, 0.29) is 16.7 Å². The van der Waals surface area contributed by atoms with Crippen LogP contribution in [0.3, 0.4) is 0 Å². The monoisotopic (exact) mass is 251 g/mol. The van der Waals surface area contributed by atoms with Gasteiger partial charge in [0.25, 0.3) is 5.69 Å². The van der Waals surface area contributed by atoms with Crippen LogP contribution in [-0.4, -0.2) is 15.9 Å². The van der Waals surface area contributed by atoms with Crippen LogP contribution in [0, 0.1) is 24.0 Å². The lowest BCUT2D eigenvalue weighted by atomic mass is 10.0. The highest BCUT2D eigenvalue weighted by atomic mass is 16.6. The highest BCUT2D eigenvalue weighted by Crippen LogP contribution is 2.24. The molecule has 0 saturated carbocycles. The van der Waals surface area contributed by atoms with Gasteiger partial charge in [-0.3, -0.25) is 15.1 Å². The van der Waals surface area contributed by atoms with Gasteiger partial charge in [-0.25, -0.2) is 0 Å². The minimum atomic E-state index is -0.332. The van der Waals surface area contributed by atoms with Crippen molar-refractivity contribution in [3.8, 4) is 0 Å². The number of hydrogen-bond acceptors (Lipinski definition) is 4. The van der Waals surface area contributed by atoms with Crippen molar-refractivity contribution in [3.05, 3.63) is 33.1 Å². The smallest absolute Gasteiger partial charge is 0.278 e. The second-order valence-corrected chi connectivity index (χ2v) is 4.71. The molecule has 5 heteroatoms. The van der Waals surface area contributed by atoms with Crippen molar-refractivity contribution >= 4 is 5.69 Å². The summed E-state index contributed by atoms with van der Waals surface area (Å²) >= 11 is 0. The van der Waals surface area contributed by atoms with E-state index in [0.29, 0.717) is 17.5 Å². The Morgan fingerprint density at radius 2 is 2.11 bits per heavy atom. The van der Waals surface area contributed by atoms with Gasteiger partial charge in [0, 0.05) is 23.4 Å². The Morgan fingerprint density at radius 3 is 2.67 bits per heavy atom. The van der Waals surface area contributed by atoms with E-state index in [4.69, 9.17) is 5.73 Å². The van der Waals surface area contributed by atoms with E-state index >= 15 is 0 Å². The third kappa shape index (κ3) is 3.50. The highest BCUT2D eigenvalue weighted by molar-refractivity contribution is 5.47. The highest BCUT2D eigenvalue weighted by Gasteiger charge is 2.18. The zero-order chi connectivity index (χ0) is 13.7. The number of nitrogens with two attached hydrogens (primary N) is 1. The van der Waals surface area contributed by atoms with E-state index in [9.17, 15) is 10.1 Å². The van der Waals surface area contributed by atoms with Crippen molar-refractivity contribution < 1.29 is 4.92 Å². The van der Waals surface area contributed by atoms with Gasteiger partial charge in [-0.05, 0) is 33.1 Å². The number of aromatic nitrogens is 1. The summed E-state index contributed by atoms with van der Waals surface area (Å²) < 4.78 is 0. The molecule has 0 aliphatic carbocycles. The van der Waals surface area contributed by atoms with Crippen molar-refractivity contribution in [2.75, 3.05) is 0 Å². The molecule has 1 atom stereocenters. The molecule has 1 unspecified atom stereocenters.